The lowest BCUT2D eigenvalue weighted by Crippen LogP contribution is -2.48. The highest BCUT2D eigenvalue weighted by molar-refractivity contribution is 5.94. The summed E-state index contributed by atoms with van der Waals surface area (Å²) in [6.07, 6.45) is -13.9. The van der Waals surface area contributed by atoms with Gasteiger partial charge < -0.3 is 19.7 Å². The molecule has 0 radical (unpaired) electrons. The zero-order valence-corrected chi connectivity index (χ0v) is 20.9. The molecule has 4 heterocycles. The number of halogens is 6. The minimum absolute atomic E-state index is 0.00486. The molecule has 0 saturated carbocycles. The van der Waals surface area contributed by atoms with Gasteiger partial charge in [0, 0.05) is 64.6 Å². The molecule has 3 fully saturated rings. The molecule has 9 nitrogen and oxygen atoms in total. The maximum absolute atomic E-state index is 13.0. The number of hydrogen-bond donors (Lipinski definition) is 1. The number of alkyl halides is 6. The lowest BCUT2D eigenvalue weighted by molar-refractivity contribution is -0.308. The summed E-state index contributed by atoms with van der Waals surface area (Å²) in [7, 11) is 0. The van der Waals surface area contributed by atoms with Crippen LogP contribution in [0.4, 0.5) is 31.1 Å². The van der Waals surface area contributed by atoms with Crippen molar-refractivity contribution in [1.82, 2.24) is 24.9 Å². The van der Waals surface area contributed by atoms with E-state index in [1.165, 1.54) is 0 Å². The van der Waals surface area contributed by atoms with Crippen LogP contribution in [0, 0.1) is 17.8 Å². The van der Waals surface area contributed by atoms with Gasteiger partial charge in [0.15, 0.2) is 0 Å². The van der Waals surface area contributed by atoms with Crippen LogP contribution in [0.2, 0.25) is 0 Å². The van der Waals surface area contributed by atoms with Gasteiger partial charge in [-0.15, -0.1) is 0 Å². The van der Waals surface area contributed by atoms with E-state index in [0.29, 0.717) is 57.5 Å². The van der Waals surface area contributed by atoms with E-state index >= 15 is 0 Å². The number of ether oxygens (including phenoxy) is 2. The van der Waals surface area contributed by atoms with Crippen LogP contribution >= 0.6 is 0 Å². The van der Waals surface area contributed by atoms with Gasteiger partial charge in [0.05, 0.1) is 6.20 Å². The van der Waals surface area contributed by atoms with Crippen LogP contribution in [0.15, 0.2) is 6.20 Å². The van der Waals surface area contributed by atoms with E-state index in [1.807, 2.05) is 6.92 Å². The van der Waals surface area contributed by atoms with Gasteiger partial charge in [0.25, 0.3) is 12.0 Å². The monoisotopic (exact) mass is 555 g/mol. The van der Waals surface area contributed by atoms with Gasteiger partial charge in [-0.1, -0.05) is 0 Å². The quantitative estimate of drug-likeness (QED) is 0.521. The number of carbonyl (C=O) groups is 2. The van der Waals surface area contributed by atoms with Crippen molar-refractivity contribution in [3.05, 3.63) is 17.5 Å². The van der Waals surface area contributed by atoms with Crippen LogP contribution in [0.25, 0.3) is 0 Å². The number of hydrogen-bond acceptors (Lipinski definition) is 6. The summed E-state index contributed by atoms with van der Waals surface area (Å²) in [5.74, 6) is -0.137. The second-order valence-electron chi connectivity index (χ2n) is 10.1. The maximum atomic E-state index is 13.0. The molecule has 4 rings (SSSR count). The third-order valence-corrected chi connectivity index (χ3v) is 7.35. The summed E-state index contributed by atoms with van der Waals surface area (Å²) >= 11 is 0. The van der Waals surface area contributed by atoms with Crippen molar-refractivity contribution in [2.24, 2.45) is 17.8 Å². The number of nitrogens with one attached hydrogen (secondary N) is 1. The molecule has 0 bridgehead atoms. The van der Waals surface area contributed by atoms with Crippen LogP contribution in [0.3, 0.4) is 0 Å². The molecule has 38 heavy (non-hydrogen) atoms. The largest absolute Gasteiger partial charge is 0.434 e. The molecule has 0 aliphatic carbocycles. The third-order valence-electron chi connectivity index (χ3n) is 7.35. The summed E-state index contributed by atoms with van der Waals surface area (Å²) in [5.41, 5.74) is 1.19. The van der Waals surface area contributed by atoms with Crippen LogP contribution < -0.4 is 5.32 Å². The molecule has 3 aliphatic rings. The Morgan fingerprint density at radius 2 is 1.68 bits per heavy atom. The van der Waals surface area contributed by atoms with Gasteiger partial charge >= 0.3 is 18.4 Å². The van der Waals surface area contributed by atoms with Crippen LogP contribution in [0.1, 0.15) is 35.8 Å². The first-order valence-electron chi connectivity index (χ1n) is 12.6. The second-order valence-corrected chi connectivity index (χ2v) is 10.1. The molecule has 2 unspecified atom stereocenters. The highest BCUT2D eigenvalue weighted by Gasteiger charge is 2.60. The lowest BCUT2D eigenvalue weighted by atomic mass is 10.0. The fraction of sp³-hybridized carbons (Fsp3) is 0.783. The van der Waals surface area contributed by atoms with Gasteiger partial charge in [-0.3, -0.25) is 14.4 Å². The lowest BCUT2D eigenvalue weighted by Gasteiger charge is -2.26. The average molecular weight is 556 g/mol. The Hall–Kier alpha value is -2.55. The van der Waals surface area contributed by atoms with Crippen molar-refractivity contribution < 1.29 is 45.4 Å². The summed E-state index contributed by atoms with van der Waals surface area (Å²) in [6.45, 7) is 5.60. The van der Waals surface area contributed by atoms with E-state index in [2.05, 4.69) is 20.1 Å². The molecule has 0 aromatic carbocycles. The Kier molecular flexibility index (Phi) is 8.45. The molecule has 1 N–H and O–H groups in total. The Bertz CT molecular complexity index is 966. The molecule has 214 valence electrons. The molecule has 1 aromatic heterocycles. The maximum Gasteiger partial charge on any atom is 0.434 e. The van der Waals surface area contributed by atoms with Crippen molar-refractivity contribution in [2.75, 3.05) is 45.9 Å². The van der Waals surface area contributed by atoms with E-state index in [0.717, 1.165) is 23.3 Å². The number of aromatic nitrogens is 2. The predicted molar refractivity (Wildman–Crippen MR) is 120 cm³/mol. The van der Waals surface area contributed by atoms with Crippen molar-refractivity contribution >= 4 is 12.0 Å². The molecule has 2 amide bonds. The van der Waals surface area contributed by atoms with Crippen LogP contribution in [-0.2, 0) is 22.6 Å². The van der Waals surface area contributed by atoms with Crippen LogP contribution in [-0.4, -0.2) is 96.0 Å². The number of fused-ring (bicyclic) bond motifs is 1. The van der Waals surface area contributed by atoms with Crippen molar-refractivity contribution in [3.63, 3.8) is 0 Å². The zero-order chi connectivity index (χ0) is 27.7. The smallest absolute Gasteiger partial charge is 0.426 e. The number of likely N-dealkylation sites (tertiary alicyclic amines) is 2. The number of amides is 2. The van der Waals surface area contributed by atoms with E-state index < -0.39 is 24.5 Å². The summed E-state index contributed by atoms with van der Waals surface area (Å²) in [4.78, 5) is 28.1. The Morgan fingerprint density at radius 1 is 1.08 bits per heavy atom. The first-order valence-corrected chi connectivity index (χ1v) is 12.6. The normalized spacial score (nSPS) is 23.2. The number of nitrogens with zero attached hydrogens (tertiary/aromatic N) is 4. The summed E-state index contributed by atoms with van der Waals surface area (Å²) in [5, 5.41) is 7.32. The Balaban J connectivity index is 1.32. The van der Waals surface area contributed by atoms with Crippen LogP contribution in [0.5, 0.6) is 0 Å². The van der Waals surface area contributed by atoms with Gasteiger partial charge in [-0.2, -0.15) is 31.4 Å². The van der Waals surface area contributed by atoms with E-state index in [-0.39, 0.29) is 30.8 Å². The molecule has 3 aliphatic heterocycles. The Morgan fingerprint density at radius 3 is 2.24 bits per heavy atom. The van der Waals surface area contributed by atoms with E-state index in [1.54, 1.807) is 10.9 Å². The number of carbonyl (C=O) groups excluding carboxylic acids is 2. The highest BCUT2D eigenvalue weighted by atomic mass is 19.4. The Labute approximate surface area is 215 Å². The van der Waals surface area contributed by atoms with Gasteiger partial charge in [-0.25, -0.2) is 4.79 Å². The standard InChI is InChI=1S/C23H31F6N5O4/c1-2-34-18(19(35)30-7-14-3-5-37-6-4-14)15(8-31-34)9-32-10-16-12-33(13-17(16)11-32)21(36)38-20(22(24,25)26)23(27,28)29/h8,14,16-17,20H,2-7,9-13H2,1H3,(H,30,35). The van der Waals surface area contributed by atoms with Crippen molar-refractivity contribution in [1.29, 1.82) is 0 Å². The fourth-order valence-corrected chi connectivity index (χ4v) is 5.42. The van der Waals surface area contributed by atoms with Gasteiger partial charge in [0.2, 0.25) is 0 Å². The summed E-state index contributed by atoms with van der Waals surface area (Å²) in [6, 6.07) is 0. The first kappa shape index (κ1) is 28.5. The minimum atomic E-state index is -5.75. The second kappa shape index (κ2) is 11.3. The van der Waals surface area contributed by atoms with Gasteiger partial charge in [-0.05, 0) is 37.5 Å². The SMILES string of the molecule is CCn1ncc(CN2CC3CN(C(=O)OC(C(F)(F)F)C(F)(F)F)CC3C2)c1C(=O)NCC1CCOCC1. The topological polar surface area (TPSA) is 88.9 Å². The molecular weight excluding hydrogens is 524 g/mol. The summed E-state index contributed by atoms with van der Waals surface area (Å²) < 4.78 is 87.3. The van der Waals surface area contributed by atoms with Crippen molar-refractivity contribution in [2.45, 2.75) is 51.3 Å². The van der Waals surface area contributed by atoms with E-state index in [9.17, 15) is 35.9 Å². The number of aryl methyl sites for hydroxylation is 1. The van der Waals surface area contributed by atoms with Crippen molar-refractivity contribution in [3.8, 4) is 0 Å². The molecule has 1 aromatic rings. The molecule has 0 spiro atoms. The average Bonchev–Trinajstić information content (AvgIpc) is 3.53. The highest BCUT2D eigenvalue weighted by Crippen LogP contribution is 2.37. The number of rotatable bonds is 7. The molecular formula is C23H31F6N5O4. The predicted octanol–water partition coefficient (Wildman–Crippen LogP) is 3.05. The minimum Gasteiger partial charge on any atom is -0.426 e. The zero-order valence-electron chi connectivity index (χ0n) is 20.9. The van der Waals surface area contributed by atoms with E-state index in [4.69, 9.17) is 4.74 Å². The molecule has 3 saturated heterocycles. The van der Waals surface area contributed by atoms with Gasteiger partial charge in [0.1, 0.15) is 5.69 Å². The third kappa shape index (κ3) is 6.53. The molecule has 2 atom stereocenters. The fourth-order valence-electron chi connectivity index (χ4n) is 5.42. The molecule has 15 heteroatoms. The first-order chi connectivity index (χ1) is 17.9.